The molecule has 1 aliphatic heterocycles. The van der Waals surface area contributed by atoms with Crippen LogP contribution in [0.25, 0.3) is 10.9 Å². The number of fused-ring (bicyclic) bond motifs is 1. The summed E-state index contributed by atoms with van der Waals surface area (Å²) in [7, 11) is 2.25. The molecule has 176 valence electrons. The fourth-order valence-electron chi connectivity index (χ4n) is 5.57. The van der Waals surface area contributed by atoms with Gasteiger partial charge in [0, 0.05) is 17.1 Å². The second-order valence-corrected chi connectivity index (χ2v) is 10.4. The minimum absolute atomic E-state index is 0.0535. The standard InChI is InChI=1S/C31H36N2O/c1-21(2)18-30-33(5)29(19-24-20-32-28-9-7-6-8-27(24)28)31(34-30,25-14-10-22(3)11-15-25)26-16-12-23(4)13-17-26/h6-17,20-21,29-30,32H,18-19H2,1-5H3/t29-,30-/m0/s1. The number of nitrogens with zero attached hydrogens (tertiary/aromatic N) is 1. The molecule has 0 unspecified atom stereocenters. The van der Waals surface area contributed by atoms with Crippen LogP contribution in [-0.2, 0) is 16.8 Å². The lowest BCUT2D eigenvalue weighted by Gasteiger charge is -2.37. The Morgan fingerprint density at radius 1 is 0.882 bits per heavy atom. The number of nitrogens with one attached hydrogen (secondary N) is 1. The van der Waals surface area contributed by atoms with Crippen molar-refractivity contribution in [2.45, 2.75) is 58.4 Å². The van der Waals surface area contributed by atoms with Gasteiger partial charge in [-0.15, -0.1) is 0 Å². The summed E-state index contributed by atoms with van der Waals surface area (Å²) >= 11 is 0. The molecule has 1 fully saturated rings. The average molecular weight is 453 g/mol. The van der Waals surface area contributed by atoms with E-state index in [4.69, 9.17) is 4.74 Å². The van der Waals surface area contributed by atoms with E-state index in [-0.39, 0.29) is 12.3 Å². The van der Waals surface area contributed by atoms with Crippen molar-refractivity contribution < 1.29 is 4.74 Å². The maximum absolute atomic E-state index is 7.21. The molecule has 5 rings (SSSR count). The van der Waals surface area contributed by atoms with Gasteiger partial charge in [-0.2, -0.15) is 0 Å². The number of para-hydroxylation sites is 1. The molecule has 3 nitrogen and oxygen atoms in total. The highest BCUT2D eigenvalue weighted by Crippen LogP contribution is 2.48. The largest absolute Gasteiger partial charge is 0.361 e. The molecule has 1 N–H and O–H groups in total. The predicted octanol–water partition coefficient (Wildman–Crippen LogP) is 6.97. The highest BCUT2D eigenvalue weighted by molar-refractivity contribution is 5.83. The van der Waals surface area contributed by atoms with Gasteiger partial charge in [0.25, 0.3) is 0 Å². The summed E-state index contributed by atoms with van der Waals surface area (Å²) in [6.45, 7) is 8.86. The Balaban J connectivity index is 1.69. The van der Waals surface area contributed by atoms with Crippen LogP contribution in [0.5, 0.6) is 0 Å². The number of hydrogen-bond acceptors (Lipinski definition) is 2. The number of likely N-dealkylation sites (N-methyl/N-ethyl adjacent to an activating group) is 1. The molecule has 1 aromatic heterocycles. The highest BCUT2D eigenvalue weighted by atomic mass is 16.5. The van der Waals surface area contributed by atoms with E-state index in [1.54, 1.807) is 0 Å². The molecule has 2 atom stereocenters. The first kappa shape index (κ1) is 22.9. The zero-order chi connectivity index (χ0) is 23.9. The molecular formula is C31H36N2O. The molecule has 2 heterocycles. The Bertz CT molecular complexity index is 1210. The Kier molecular flexibility index (Phi) is 6.09. The first-order chi connectivity index (χ1) is 16.4. The van der Waals surface area contributed by atoms with Gasteiger partial charge >= 0.3 is 0 Å². The van der Waals surface area contributed by atoms with Gasteiger partial charge in [0.1, 0.15) is 11.8 Å². The van der Waals surface area contributed by atoms with Gasteiger partial charge in [-0.25, -0.2) is 0 Å². The molecule has 0 aliphatic carbocycles. The molecule has 3 heteroatoms. The van der Waals surface area contributed by atoms with Gasteiger partial charge in [-0.05, 0) is 62.4 Å². The van der Waals surface area contributed by atoms with Crippen molar-refractivity contribution in [3.05, 3.63) is 107 Å². The van der Waals surface area contributed by atoms with Gasteiger partial charge in [0.2, 0.25) is 0 Å². The van der Waals surface area contributed by atoms with Crippen LogP contribution in [0.4, 0.5) is 0 Å². The molecule has 34 heavy (non-hydrogen) atoms. The Morgan fingerprint density at radius 2 is 1.47 bits per heavy atom. The van der Waals surface area contributed by atoms with E-state index in [9.17, 15) is 0 Å². The zero-order valence-electron chi connectivity index (χ0n) is 21.0. The maximum atomic E-state index is 7.21. The Morgan fingerprint density at radius 3 is 2.06 bits per heavy atom. The lowest BCUT2D eigenvalue weighted by atomic mass is 9.77. The van der Waals surface area contributed by atoms with Gasteiger partial charge in [0.05, 0.1) is 6.04 Å². The lowest BCUT2D eigenvalue weighted by molar-refractivity contribution is -0.0470. The monoisotopic (exact) mass is 452 g/mol. The van der Waals surface area contributed by atoms with Crippen LogP contribution in [-0.4, -0.2) is 29.2 Å². The van der Waals surface area contributed by atoms with Crippen LogP contribution in [0.2, 0.25) is 0 Å². The normalized spacial score (nSPS) is 20.4. The Hall–Kier alpha value is -2.88. The molecule has 1 aliphatic rings. The predicted molar refractivity (Wildman–Crippen MR) is 141 cm³/mol. The summed E-state index contributed by atoms with van der Waals surface area (Å²) in [5.74, 6) is 0.549. The molecule has 4 aromatic rings. The molecule has 0 bridgehead atoms. The topological polar surface area (TPSA) is 28.3 Å². The van der Waals surface area contributed by atoms with E-state index in [2.05, 4.69) is 124 Å². The fraction of sp³-hybridized carbons (Fsp3) is 0.355. The van der Waals surface area contributed by atoms with Gasteiger partial charge in [0.15, 0.2) is 0 Å². The number of aromatic amines is 1. The number of hydrogen-bond donors (Lipinski definition) is 1. The first-order valence-corrected chi connectivity index (χ1v) is 12.5. The van der Waals surface area contributed by atoms with E-state index in [1.807, 2.05) is 0 Å². The minimum atomic E-state index is -0.548. The van der Waals surface area contributed by atoms with E-state index in [1.165, 1.54) is 38.7 Å². The number of aryl methyl sites for hydroxylation is 2. The maximum Gasteiger partial charge on any atom is 0.136 e. The van der Waals surface area contributed by atoms with Crippen molar-refractivity contribution >= 4 is 10.9 Å². The third-order valence-corrected chi connectivity index (χ3v) is 7.46. The Labute approximate surface area is 203 Å². The number of H-pyrrole nitrogens is 1. The second kappa shape index (κ2) is 9.05. The van der Waals surface area contributed by atoms with Crippen molar-refractivity contribution in [3.63, 3.8) is 0 Å². The zero-order valence-corrected chi connectivity index (χ0v) is 21.0. The summed E-state index contributed by atoms with van der Waals surface area (Å²) in [5, 5.41) is 1.30. The molecule has 3 aromatic carbocycles. The summed E-state index contributed by atoms with van der Waals surface area (Å²) in [6.07, 6.45) is 4.14. The quantitative estimate of drug-likeness (QED) is 0.342. The number of benzene rings is 3. The van der Waals surface area contributed by atoms with Gasteiger partial charge < -0.3 is 9.72 Å². The lowest BCUT2D eigenvalue weighted by Crippen LogP contribution is -2.44. The minimum Gasteiger partial charge on any atom is -0.361 e. The third-order valence-electron chi connectivity index (χ3n) is 7.46. The van der Waals surface area contributed by atoms with Crippen LogP contribution < -0.4 is 0 Å². The van der Waals surface area contributed by atoms with E-state index < -0.39 is 5.60 Å². The van der Waals surface area contributed by atoms with Crippen LogP contribution in [0.15, 0.2) is 79.0 Å². The SMILES string of the molecule is Cc1ccc(C2(c3ccc(C)cc3)O[C@@H](CC(C)C)N(C)[C@H]2Cc2c[nH]c3ccccc23)cc1. The molecule has 0 radical (unpaired) electrons. The van der Waals surface area contributed by atoms with Crippen LogP contribution in [0, 0.1) is 19.8 Å². The molecule has 0 saturated carbocycles. The molecule has 0 spiro atoms. The van der Waals surface area contributed by atoms with Crippen molar-refractivity contribution in [1.82, 2.24) is 9.88 Å². The first-order valence-electron chi connectivity index (χ1n) is 12.5. The van der Waals surface area contributed by atoms with Crippen LogP contribution in [0.3, 0.4) is 0 Å². The smallest absolute Gasteiger partial charge is 0.136 e. The van der Waals surface area contributed by atoms with Crippen molar-refractivity contribution in [1.29, 1.82) is 0 Å². The third kappa shape index (κ3) is 3.97. The van der Waals surface area contributed by atoms with E-state index in [0.717, 1.165) is 12.8 Å². The summed E-state index contributed by atoms with van der Waals surface area (Å²) in [5.41, 5.74) is 6.96. The van der Waals surface area contributed by atoms with E-state index in [0.29, 0.717) is 5.92 Å². The fourth-order valence-corrected chi connectivity index (χ4v) is 5.57. The van der Waals surface area contributed by atoms with E-state index >= 15 is 0 Å². The molecule has 1 saturated heterocycles. The molecular weight excluding hydrogens is 416 g/mol. The van der Waals surface area contributed by atoms with Crippen molar-refractivity contribution in [2.24, 2.45) is 5.92 Å². The van der Waals surface area contributed by atoms with Crippen LogP contribution in [0.1, 0.15) is 48.1 Å². The van der Waals surface area contributed by atoms with Crippen molar-refractivity contribution in [3.8, 4) is 0 Å². The number of aromatic nitrogens is 1. The highest BCUT2D eigenvalue weighted by Gasteiger charge is 2.54. The summed E-state index contributed by atoms with van der Waals surface area (Å²) in [6, 6.07) is 26.7. The van der Waals surface area contributed by atoms with Gasteiger partial charge in [-0.1, -0.05) is 91.7 Å². The molecule has 0 amide bonds. The van der Waals surface area contributed by atoms with Gasteiger partial charge in [-0.3, -0.25) is 4.90 Å². The summed E-state index contributed by atoms with van der Waals surface area (Å²) in [4.78, 5) is 5.97. The second-order valence-electron chi connectivity index (χ2n) is 10.4. The van der Waals surface area contributed by atoms with Crippen molar-refractivity contribution in [2.75, 3.05) is 7.05 Å². The number of ether oxygens (including phenoxy) is 1. The number of rotatable bonds is 6. The summed E-state index contributed by atoms with van der Waals surface area (Å²) < 4.78 is 7.21. The van der Waals surface area contributed by atoms with Crippen LogP contribution >= 0.6 is 0 Å². The average Bonchev–Trinajstić information content (AvgIpc) is 3.35.